The fourth-order valence-electron chi connectivity index (χ4n) is 2.09. The normalized spacial score (nSPS) is 27.4. The van der Waals surface area contributed by atoms with E-state index in [0.717, 1.165) is 6.54 Å². The molecule has 0 bridgehead atoms. The average Bonchev–Trinajstić information content (AvgIpc) is 2.14. The van der Waals surface area contributed by atoms with Crippen molar-refractivity contribution in [1.29, 1.82) is 0 Å². The number of rotatable bonds is 4. The summed E-state index contributed by atoms with van der Waals surface area (Å²) >= 11 is 0. The second-order valence-corrected chi connectivity index (χ2v) is 6.96. The summed E-state index contributed by atoms with van der Waals surface area (Å²) in [7, 11) is 0.346. The van der Waals surface area contributed by atoms with Gasteiger partial charge in [-0.05, 0) is 18.9 Å². The maximum Gasteiger partial charge on any atom is 0.281 e. The van der Waals surface area contributed by atoms with E-state index < -0.39 is 10.2 Å². The number of nitrogens with zero attached hydrogens (tertiary/aromatic N) is 2. The molecule has 1 heterocycles. The van der Waals surface area contributed by atoms with Gasteiger partial charge in [0.25, 0.3) is 10.2 Å². The van der Waals surface area contributed by atoms with Gasteiger partial charge in [-0.1, -0.05) is 13.8 Å². The summed E-state index contributed by atoms with van der Waals surface area (Å²) in [6.45, 7) is 6.78. The Morgan fingerprint density at radius 2 is 2.00 bits per heavy atom. The van der Waals surface area contributed by atoms with Crippen LogP contribution in [0.5, 0.6) is 0 Å². The van der Waals surface area contributed by atoms with Crippen molar-refractivity contribution in [2.24, 2.45) is 11.8 Å². The van der Waals surface area contributed by atoms with E-state index in [0.29, 0.717) is 31.5 Å². The van der Waals surface area contributed by atoms with Crippen molar-refractivity contribution < 1.29 is 8.42 Å². The van der Waals surface area contributed by atoms with Crippen LogP contribution in [0.3, 0.4) is 0 Å². The van der Waals surface area contributed by atoms with Crippen molar-refractivity contribution in [3.8, 4) is 0 Å². The van der Waals surface area contributed by atoms with Gasteiger partial charge < -0.3 is 5.32 Å². The van der Waals surface area contributed by atoms with Gasteiger partial charge in [0.2, 0.25) is 0 Å². The third kappa shape index (κ3) is 3.16. The van der Waals surface area contributed by atoms with Crippen molar-refractivity contribution in [3.05, 3.63) is 0 Å². The molecule has 1 N–H and O–H groups in total. The first-order valence-corrected chi connectivity index (χ1v) is 7.13. The van der Waals surface area contributed by atoms with Gasteiger partial charge in [-0.15, -0.1) is 0 Å². The van der Waals surface area contributed by atoms with Crippen LogP contribution in [-0.4, -0.2) is 57.3 Å². The Hall–Kier alpha value is -0.170. The quantitative estimate of drug-likeness (QED) is 0.761. The van der Waals surface area contributed by atoms with E-state index in [-0.39, 0.29) is 0 Å². The van der Waals surface area contributed by atoms with Gasteiger partial charge in [0.05, 0.1) is 0 Å². The SMILES string of the molecule is CNCC1CN(C)S(=O)(=O)N(CC(C)C)C1. The predicted molar refractivity (Wildman–Crippen MR) is 65.4 cm³/mol. The summed E-state index contributed by atoms with van der Waals surface area (Å²) in [6, 6.07) is 0. The first-order valence-electron chi connectivity index (χ1n) is 5.74. The first-order chi connectivity index (χ1) is 7.37. The van der Waals surface area contributed by atoms with E-state index in [1.54, 1.807) is 11.4 Å². The number of nitrogens with one attached hydrogen (secondary N) is 1. The van der Waals surface area contributed by atoms with Crippen LogP contribution in [0.15, 0.2) is 0 Å². The van der Waals surface area contributed by atoms with Crippen molar-refractivity contribution in [2.45, 2.75) is 13.8 Å². The predicted octanol–water partition coefficient (Wildman–Crippen LogP) is -0.0298. The van der Waals surface area contributed by atoms with Crippen molar-refractivity contribution in [2.75, 3.05) is 40.3 Å². The lowest BCUT2D eigenvalue weighted by atomic mass is 10.1. The molecule has 0 saturated carbocycles. The van der Waals surface area contributed by atoms with E-state index in [2.05, 4.69) is 5.32 Å². The molecule has 5 nitrogen and oxygen atoms in total. The second-order valence-electron chi connectivity index (χ2n) is 4.92. The zero-order valence-electron chi connectivity index (χ0n) is 10.6. The van der Waals surface area contributed by atoms with Crippen molar-refractivity contribution >= 4 is 10.2 Å². The highest BCUT2D eigenvalue weighted by Gasteiger charge is 2.35. The minimum atomic E-state index is -3.21. The fourth-order valence-corrected chi connectivity index (χ4v) is 3.77. The van der Waals surface area contributed by atoms with Crippen molar-refractivity contribution in [3.63, 3.8) is 0 Å². The molecule has 0 aromatic rings. The Balaban J connectivity index is 2.76. The van der Waals surface area contributed by atoms with Crippen molar-refractivity contribution in [1.82, 2.24) is 13.9 Å². The molecule has 0 aliphatic carbocycles. The molecular weight excluding hydrogens is 226 g/mol. The van der Waals surface area contributed by atoms with Crippen LogP contribution in [-0.2, 0) is 10.2 Å². The molecule has 16 heavy (non-hydrogen) atoms. The molecule has 1 atom stereocenters. The number of hydrogen-bond acceptors (Lipinski definition) is 3. The first kappa shape index (κ1) is 13.9. The summed E-state index contributed by atoms with van der Waals surface area (Å²) in [5.74, 6) is 0.730. The third-order valence-electron chi connectivity index (χ3n) is 2.76. The van der Waals surface area contributed by atoms with Gasteiger partial charge in [0.1, 0.15) is 0 Å². The Bertz CT molecular complexity index is 316. The van der Waals surface area contributed by atoms with Gasteiger partial charge in [0.15, 0.2) is 0 Å². The minimum absolute atomic E-state index is 0.358. The number of hydrogen-bond donors (Lipinski definition) is 1. The zero-order chi connectivity index (χ0) is 12.3. The maximum absolute atomic E-state index is 12.0. The fraction of sp³-hybridized carbons (Fsp3) is 1.00. The van der Waals surface area contributed by atoms with Crippen LogP contribution in [0.2, 0.25) is 0 Å². The molecule has 96 valence electrons. The summed E-state index contributed by atoms with van der Waals surface area (Å²) in [5.41, 5.74) is 0. The second kappa shape index (κ2) is 5.44. The van der Waals surface area contributed by atoms with Crippen LogP contribution in [0.25, 0.3) is 0 Å². The van der Waals surface area contributed by atoms with E-state index in [1.165, 1.54) is 4.31 Å². The van der Waals surface area contributed by atoms with E-state index in [9.17, 15) is 8.42 Å². The van der Waals surface area contributed by atoms with Crippen LogP contribution < -0.4 is 5.32 Å². The van der Waals surface area contributed by atoms with Gasteiger partial charge in [-0.2, -0.15) is 17.0 Å². The molecule has 0 radical (unpaired) electrons. The maximum atomic E-state index is 12.0. The summed E-state index contributed by atoms with van der Waals surface area (Å²) in [5, 5.41) is 3.11. The summed E-state index contributed by atoms with van der Waals surface area (Å²) in [4.78, 5) is 0. The Kier molecular flexibility index (Phi) is 4.73. The standard InChI is InChI=1S/C10H23N3O2S/c1-9(2)6-13-8-10(5-11-3)7-12(4)16(13,14)15/h9-11H,5-8H2,1-4H3. The third-order valence-corrected chi connectivity index (χ3v) is 4.65. The van der Waals surface area contributed by atoms with E-state index in [1.807, 2.05) is 20.9 Å². The van der Waals surface area contributed by atoms with Gasteiger partial charge in [0, 0.05) is 33.2 Å². The lowest BCUT2D eigenvalue weighted by Gasteiger charge is -2.38. The molecular formula is C10H23N3O2S. The van der Waals surface area contributed by atoms with E-state index in [4.69, 9.17) is 0 Å². The molecule has 0 aromatic carbocycles. The average molecular weight is 249 g/mol. The highest BCUT2D eigenvalue weighted by atomic mass is 32.2. The molecule has 1 fully saturated rings. The Morgan fingerprint density at radius 3 is 2.50 bits per heavy atom. The molecule has 1 saturated heterocycles. The molecule has 6 heteroatoms. The molecule has 1 aliphatic rings. The highest BCUT2D eigenvalue weighted by molar-refractivity contribution is 7.86. The smallest absolute Gasteiger partial charge is 0.281 e. The zero-order valence-corrected chi connectivity index (χ0v) is 11.4. The van der Waals surface area contributed by atoms with Crippen LogP contribution in [0.1, 0.15) is 13.8 Å². The minimum Gasteiger partial charge on any atom is -0.319 e. The molecule has 0 aromatic heterocycles. The molecule has 0 amide bonds. The lowest BCUT2D eigenvalue weighted by Crippen LogP contribution is -2.54. The summed E-state index contributed by atoms with van der Waals surface area (Å²) < 4.78 is 27.1. The van der Waals surface area contributed by atoms with E-state index >= 15 is 0 Å². The summed E-state index contributed by atoms with van der Waals surface area (Å²) in [6.07, 6.45) is 0. The van der Waals surface area contributed by atoms with Crippen LogP contribution >= 0.6 is 0 Å². The topological polar surface area (TPSA) is 52.7 Å². The monoisotopic (exact) mass is 249 g/mol. The molecule has 1 unspecified atom stereocenters. The van der Waals surface area contributed by atoms with Gasteiger partial charge >= 0.3 is 0 Å². The lowest BCUT2D eigenvalue weighted by molar-refractivity contribution is 0.227. The van der Waals surface area contributed by atoms with Gasteiger partial charge in [-0.3, -0.25) is 0 Å². The Labute approximate surface area is 99.0 Å². The molecule has 1 aliphatic heterocycles. The molecule has 1 rings (SSSR count). The molecule has 0 spiro atoms. The Morgan fingerprint density at radius 1 is 1.38 bits per heavy atom. The van der Waals surface area contributed by atoms with Crippen LogP contribution in [0.4, 0.5) is 0 Å². The van der Waals surface area contributed by atoms with Gasteiger partial charge in [-0.25, -0.2) is 0 Å². The van der Waals surface area contributed by atoms with Crippen LogP contribution in [0, 0.1) is 11.8 Å². The largest absolute Gasteiger partial charge is 0.319 e. The highest BCUT2D eigenvalue weighted by Crippen LogP contribution is 2.19.